The van der Waals surface area contributed by atoms with Gasteiger partial charge in [0.05, 0.1) is 6.54 Å². The maximum absolute atomic E-state index is 12.8. The zero-order valence-corrected chi connectivity index (χ0v) is 16.8. The number of hydrogen-bond acceptors (Lipinski definition) is 5. The number of aryl methyl sites for hydroxylation is 1. The summed E-state index contributed by atoms with van der Waals surface area (Å²) in [5.41, 5.74) is 2.98. The first-order valence-corrected chi connectivity index (χ1v) is 10.1. The second kappa shape index (κ2) is 8.67. The lowest BCUT2D eigenvalue weighted by Crippen LogP contribution is -2.14. The molecule has 29 heavy (non-hydrogen) atoms. The van der Waals surface area contributed by atoms with Crippen molar-refractivity contribution in [2.24, 2.45) is 0 Å². The van der Waals surface area contributed by atoms with E-state index >= 15 is 0 Å². The van der Waals surface area contributed by atoms with E-state index in [4.69, 9.17) is 0 Å². The molecule has 0 aliphatic carbocycles. The van der Waals surface area contributed by atoms with Gasteiger partial charge in [-0.05, 0) is 30.0 Å². The van der Waals surface area contributed by atoms with Crippen LogP contribution >= 0.6 is 11.3 Å². The molecule has 0 radical (unpaired) electrons. The van der Waals surface area contributed by atoms with Crippen LogP contribution in [0.15, 0.2) is 78.2 Å². The van der Waals surface area contributed by atoms with E-state index in [1.807, 2.05) is 79.0 Å². The van der Waals surface area contributed by atoms with E-state index in [0.29, 0.717) is 18.3 Å². The van der Waals surface area contributed by atoms with E-state index in [1.54, 1.807) is 17.4 Å². The van der Waals surface area contributed by atoms with Gasteiger partial charge in [-0.3, -0.25) is 4.79 Å². The summed E-state index contributed by atoms with van der Waals surface area (Å²) in [6.07, 6.45) is 3.29. The molecule has 1 N–H and O–H groups in total. The van der Waals surface area contributed by atoms with Crippen molar-refractivity contribution in [3.8, 4) is 11.4 Å². The molecule has 0 amide bonds. The Morgan fingerprint density at radius 1 is 1.07 bits per heavy atom. The third kappa shape index (κ3) is 4.67. The Morgan fingerprint density at radius 2 is 1.86 bits per heavy atom. The summed E-state index contributed by atoms with van der Waals surface area (Å²) in [6.45, 7) is 2.61. The smallest absolute Gasteiger partial charge is 0.274 e. The number of rotatable bonds is 6. The van der Waals surface area contributed by atoms with Crippen LogP contribution in [-0.2, 0) is 6.54 Å². The summed E-state index contributed by atoms with van der Waals surface area (Å²) in [5.74, 6) is 0.685. The third-order valence-electron chi connectivity index (χ3n) is 4.34. The second-order valence-corrected chi connectivity index (χ2v) is 7.58. The van der Waals surface area contributed by atoms with Gasteiger partial charge < -0.3 is 5.32 Å². The monoisotopic (exact) mass is 400 g/mol. The molecule has 4 rings (SSSR count). The van der Waals surface area contributed by atoms with E-state index in [2.05, 4.69) is 15.4 Å². The van der Waals surface area contributed by atoms with Gasteiger partial charge in [-0.15, -0.1) is 16.4 Å². The normalized spacial score (nSPS) is 11.1. The van der Waals surface area contributed by atoms with Gasteiger partial charge in [0.2, 0.25) is 5.95 Å². The van der Waals surface area contributed by atoms with Crippen molar-refractivity contribution in [1.29, 1.82) is 0 Å². The lowest BCUT2D eigenvalue weighted by atomic mass is 10.1. The van der Waals surface area contributed by atoms with Crippen molar-refractivity contribution >= 4 is 29.3 Å². The highest BCUT2D eigenvalue weighted by atomic mass is 32.1. The van der Waals surface area contributed by atoms with Crippen LogP contribution in [0, 0.1) is 6.92 Å². The Labute approximate surface area is 173 Å². The first-order chi connectivity index (χ1) is 14.2. The van der Waals surface area contributed by atoms with Crippen molar-refractivity contribution < 1.29 is 4.79 Å². The first kappa shape index (κ1) is 18.8. The third-order valence-corrected chi connectivity index (χ3v) is 5.22. The minimum atomic E-state index is -0.256. The molecule has 0 fully saturated rings. The zero-order valence-electron chi connectivity index (χ0n) is 15.9. The second-order valence-electron chi connectivity index (χ2n) is 6.55. The fraction of sp³-hybridized carbons (Fsp3) is 0.0870. The van der Waals surface area contributed by atoms with Gasteiger partial charge in [0.15, 0.2) is 5.82 Å². The highest BCUT2D eigenvalue weighted by Crippen LogP contribution is 2.20. The molecule has 144 valence electrons. The van der Waals surface area contributed by atoms with E-state index < -0.39 is 0 Å². The van der Waals surface area contributed by atoms with Gasteiger partial charge in [-0.25, -0.2) is 0 Å². The number of thiophene rings is 1. The number of hydrogen-bond donors (Lipinski definition) is 1. The van der Waals surface area contributed by atoms with Crippen LogP contribution in [0.5, 0.6) is 0 Å². The van der Waals surface area contributed by atoms with Crippen molar-refractivity contribution in [1.82, 2.24) is 14.8 Å². The van der Waals surface area contributed by atoms with Crippen molar-refractivity contribution in [2.75, 3.05) is 5.32 Å². The molecule has 0 unspecified atom stereocenters. The number of anilines is 1. The van der Waals surface area contributed by atoms with Gasteiger partial charge in [0.1, 0.15) is 0 Å². The maximum Gasteiger partial charge on any atom is 0.274 e. The van der Waals surface area contributed by atoms with Gasteiger partial charge >= 0.3 is 0 Å². The molecule has 0 bridgehead atoms. The lowest BCUT2D eigenvalue weighted by Gasteiger charge is -2.04. The van der Waals surface area contributed by atoms with Gasteiger partial charge in [0.25, 0.3) is 5.91 Å². The lowest BCUT2D eigenvalue weighted by molar-refractivity contribution is 0.0957. The average molecular weight is 401 g/mol. The highest BCUT2D eigenvalue weighted by molar-refractivity contribution is 7.09. The number of nitrogens with zero attached hydrogens (tertiary/aromatic N) is 3. The Morgan fingerprint density at radius 3 is 2.59 bits per heavy atom. The fourth-order valence-electron chi connectivity index (χ4n) is 2.79. The summed E-state index contributed by atoms with van der Waals surface area (Å²) in [7, 11) is 0. The highest BCUT2D eigenvalue weighted by Gasteiger charge is 2.15. The molecule has 0 atom stereocenters. The van der Waals surface area contributed by atoms with Crippen LogP contribution < -0.4 is 5.32 Å². The van der Waals surface area contributed by atoms with Gasteiger partial charge in [-0.1, -0.05) is 66.2 Å². The van der Waals surface area contributed by atoms with Crippen LogP contribution in [0.3, 0.4) is 0 Å². The minimum absolute atomic E-state index is 0.256. The molecule has 0 aliphatic rings. The maximum atomic E-state index is 12.8. The van der Waals surface area contributed by atoms with E-state index in [1.165, 1.54) is 10.8 Å². The van der Waals surface area contributed by atoms with Crippen LogP contribution in [-0.4, -0.2) is 20.7 Å². The topological polar surface area (TPSA) is 59.8 Å². The number of benzene rings is 2. The Hall–Kier alpha value is -3.51. The van der Waals surface area contributed by atoms with E-state index in [-0.39, 0.29) is 5.91 Å². The molecule has 0 aliphatic heterocycles. The quantitative estimate of drug-likeness (QED) is 0.447. The van der Waals surface area contributed by atoms with Crippen molar-refractivity contribution in [2.45, 2.75) is 13.5 Å². The fourth-order valence-corrected chi connectivity index (χ4v) is 3.43. The molecule has 6 heteroatoms. The Balaban J connectivity index is 1.63. The molecule has 0 saturated carbocycles. The molecule has 2 aromatic carbocycles. The number of nitrogens with one attached hydrogen (secondary N) is 1. The standard InChI is InChI=1S/C23H20N4OS/c1-17-9-12-19(13-10-17)22-25-23(24-16-20-8-5-15-29-20)27(26-22)21(28)14-11-18-6-3-2-4-7-18/h2-15H,16H2,1H3,(H,24,25,26). The molecule has 0 saturated heterocycles. The number of aromatic nitrogens is 3. The number of carbonyl (C=O) groups is 1. The van der Waals surface area contributed by atoms with Crippen molar-refractivity contribution in [3.63, 3.8) is 0 Å². The Bertz CT molecular complexity index is 1110. The summed E-state index contributed by atoms with van der Waals surface area (Å²) in [5, 5.41) is 9.73. The Kier molecular flexibility index (Phi) is 5.63. The number of allylic oxidation sites excluding steroid dienone is 1. The predicted molar refractivity (Wildman–Crippen MR) is 118 cm³/mol. The van der Waals surface area contributed by atoms with Crippen LogP contribution in [0.2, 0.25) is 0 Å². The first-order valence-electron chi connectivity index (χ1n) is 9.27. The molecular weight excluding hydrogens is 380 g/mol. The molecule has 2 heterocycles. The van der Waals surface area contributed by atoms with Crippen LogP contribution in [0.1, 0.15) is 20.8 Å². The molecule has 4 aromatic rings. The SMILES string of the molecule is Cc1ccc(-c2nc(NCc3cccs3)n(C(=O)C=Cc3ccccc3)n2)cc1. The minimum Gasteiger partial charge on any atom is -0.349 e. The summed E-state index contributed by atoms with van der Waals surface area (Å²) < 4.78 is 1.32. The van der Waals surface area contributed by atoms with Crippen molar-refractivity contribution in [3.05, 3.63) is 94.2 Å². The molecule has 2 aromatic heterocycles. The van der Waals surface area contributed by atoms with Crippen LogP contribution in [0.4, 0.5) is 5.95 Å². The number of carbonyl (C=O) groups excluding carboxylic acids is 1. The van der Waals surface area contributed by atoms with Crippen LogP contribution in [0.25, 0.3) is 17.5 Å². The molecular formula is C23H20N4OS. The van der Waals surface area contributed by atoms with E-state index in [0.717, 1.165) is 21.6 Å². The summed E-state index contributed by atoms with van der Waals surface area (Å²) in [4.78, 5) is 18.6. The average Bonchev–Trinajstić information content (AvgIpc) is 3.42. The zero-order chi connectivity index (χ0) is 20.1. The largest absolute Gasteiger partial charge is 0.349 e. The predicted octanol–water partition coefficient (Wildman–Crippen LogP) is 5.28. The molecule has 0 spiro atoms. The summed E-state index contributed by atoms with van der Waals surface area (Å²) in [6, 6.07) is 21.7. The van der Waals surface area contributed by atoms with E-state index in [9.17, 15) is 4.79 Å². The van der Waals surface area contributed by atoms with Gasteiger partial charge in [-0.2, -0.15) is 9.67 Å². The molecule has 5 nitrogen and oxygen atoms in total. The van der Waals surface area contributed by atoms with Gasteiger partial charge in [0, 0.05) is 16.5 Å². The summed E-state index contributed by atoms with van der Waals surface area (Å²) >= 11 is 1.65.